The molecule has 1 aromatic carbocycles. The molecule has 4 rings (SSSR count). The number of carbonyl (C=O) groups excluding carboxylic acids is 5. The maximum Gasteiger partial charge on any atom is 0.286 e. The van der Waals surface area contributed by atoms with E-state index in [2.05, 4.69) is 31.1 Å². The van der Waals surface area contributed by atoms with Gasteiger partial charge in [0.1, 0.15) is 29.3 Å². The fourth-order valence-corrected chi connectivity index (χ4v) is 6.04. The van der Waals surface area contributed by atoms with Crippen LogP contribution in [-0.4, -0.2) is 89.9 Å². The van der Waals surface area contributed by atoms with Crippen molar-refractivity contribution in [3.63, 3.8) is 0 Å². The highest BCUT2D eigenvalue weighted by Crippen LogP contribution is 2.25. The van der Waals surface area contributed by atoms with E-state index in [4.69, 9.17) is 4.42 Å². The number of rotatable bonds is 16. The van der Waals surface area contributed by atoms with Crippen LogP contribution in [0.3, 0.4) is 0 Å². The second-order valence-corrected chi connectivity index (χ2v) is 14.5. The molecule has 2 aromatic heterocycles. The van der Waals surface area contributed by atoms with Crippen molar-refractivity contribution in [2.24, 2.45) is 11.8 Å². The van der Waals surface area contributed by atoms with E-state index >= 15 is 0 Å². The average Bonchev–Trinajstić information content (AvgIpc) is 3.78. The summed E-state index contributed by atoms with van der Waals surface area (Å²) in [6.45, 7) is 11.3. The second-order valence-electron chi connectivity index (χ2n) is 14.5. The van der Waals surface area contributed by atoms with Gasteiger partial charge in [-0.3, -0.25) is 24.0 Å². The number of benzene rings is 1. The smallest absolute Gasteiger partial charge is 0.286 e. The number of unbranched alkanes of at least 4 members (excludes halogenated alkanes) is 1. The highest BCUT2D eigenvalue weighted by molar-refractivity contribution is 6.00. The lowest BCUT2D eigenvalue weighted by atomic mass is 9.96. The first-order valence-electron chi connectivity index (χ1n) is 17.6. The Balaban J connectivity index is 1.31. The molecule has 5 N–H and O–H groups in total. The summed E-state index contributed by atoms with van der Waals surface area (Å²) in [4.78, 5) is 71.9. The summed E-state index contributed by atoms with van der Waals surface area (Å²) < 4.78 is 5.60. The normalized spacial score (nSPS) is 15.7. The van der Waals surface area contributed by atoms with E-state index in [-0.39, 0.29) is 65.0 Å². The Labute approximate surface area is 303 Å². The van der Waals surface area contributed by atoms with E-state index in [0.29, 0.717) is 44.2 Å². The van der Waals surface area contributed by atoms with Gasteiger partial charge in [0.2, 0.25) is 29.4 Å². The topological polar surface area (TPSA) is 217 Å². The zero-order valence-corrected chi connectivity index (χ0v) is 30.5. The summed E-state index contributed by atoms with van der Waals surface area (Å²) in [6.07, 6.45) is 4.10. The van der Waals surface area contributed by atoms with Gasteiger partial charge in [0.25, 0.3) is 11.8 Å². The molecule has 3 heterocycles. The lowest BCUT2D eigenvalue weighted by Gasteiger charge is -2.31. The maximum absolute atomic E-state index is 13.8. The monoisotopic (exact) mass is 719 g/mol. The van der Waals surface area contributed by atoms with E-state index in [1.807, 2.05) is 27.7 Å². The van der Waals surface area contributed by atoms with Crippen LogP contribution < -0.4 is 16.0 Å². The number of Topliss-reactive ketones (excluding diaryl/α,β-unsaturated/α-hetero) is 1. The van der Waals surface area contributed by atoms with Crippen LogP contribution in [0.1, 0.15) is 101 Å². The molecule has 3 aromatic rings. The van der Waals surface area contributed by atoms with E-state index in [0.717, 1.165) is 0 Å². The third-order valence-corrected chi connectivity index (χ3v) is 8.95. The van der Waals surface area contributed by atoms with Crippen molar-refractivity contribution < 1.29 is 38.6 Å². The molecule has 15 heteroatoms. The van der Waals surface area contributed by atoms with Gasteiger partial charge in [-0.05, 0) is 81.7 Å². The maximum atomic E-state index is 13.8. The Hall–Kier alpha value is -5.34. The molecule has 0 saturated carbocycles. The molecule has 1 fully saturated rings. The van der Waals surface area contributed by atoms with Crippen LogP contribution in [0.15, 0.2) is 47.0 Å². The van der Waals surface area contributed by atoms with E-state index in [1.165, 1.54) is 35.4 Å². The number of pyridine rings is 1. The van der Waals surface area contributed by atoms with Crippen LogP contribution in [0.4, 0.5) is 0 Å². The lowest BCUT2D eigenvalue weighted by Crippen LogP contribution is -2.57. The Morgan fingerprint density at radius 2 is 1.67 bits per heavy atom. The van der Waals surface area contributed by atoms with E-state index < -0.39 is 35.4 Å². The van der Waals surface area contributed by atoms with Gasteiger partial charge in [-0.15, -0.1) is 10.2 Å². The van der Waals surface area contributed by atoms with Crippen LogP contribution in [-0.2, 0) is 14.4 Å². The van der Waals surface area contributed by atoms with Gasteiger partial charge in [-0.1, -0.05) is 40.2 Å². The highest BCUT2D eigenvalue weighted by Gasteiger charge is 2.40. The predicted octanol–water partition coefficient (Wildman–Crippen LogP) is 3.77. The van der Waals surface area contributed by atoms with Crippen LogP contribution in [0.5, 0.6) is 11.5 Å². The fourth-order valence-electron chi connectivity index (χ4n) is 6.04. The van der Waals surface area contributed by atoms with Gasteiger partial charge >= 0.3 is 0 Å². The van der Waals surface area contributed by atoms with Crippen LogP contribution in [0.25, 0.3) is 11.5 Å². The number of hydrogen-bond donors (Lipinski definition) is 5. The van der Waals surface area contributed by atoms with Crippen molar-refractivity contribution in [1.82, 2.24) is 36.0 Å². The number of amides is 4. The van der Waals surface area contributed by atoms with Crippen molar-refractivity contribution in [3.8, 4) is 23.0 Å². The molecule has 1 aliphatic heterocycles. The molecule has 0 bridgehead atoms. The molecule has 15 nitrogen and oxygen atoms in total. The number of phenolic OH excluding ortho intramolecular Hbond substituents is 1. The third-order valence-electron chi connectivity index (χ3n) is 8.95. The summed E-state index contributed by atoms with van der Waals surface area (Å²) in [5, 5.41) is 35.6. The molecule has 1 aliphatic rings. The average molecular weight is 720 g/mol. The van der Waals surface area contributed by atoms with Gasteiger partial charge < -0.3 is 35.5 Å². The van der Waals surface area contributed by atoms with Gasteiger partial charge in [-0.25, -0.2) is 4.98 Å². The largest absolute Gasteiger partial charge is 0.508 e. The van der Waals surface area contributed by atoms with Crippen LogP contribution in [0, 0.1) is 11.8 Å². The molecule has 0 aliphatic carbocycles. The molecule has 0 radical (unpaired) electrons. The molecule has 52 heavy (non-hydrogen) atoms. The first kappa shape index (κ1) is 39.4. The number of aromatic hydroxyl groups is 2. The Morgan fingerprint density at radius 3 is 2.33 bits per heavy atom. The number of carbonyl (C=O) groups is 5. The minimum atomic E-state index is -1.01. The summed E-state index contributed by atoms with van der Waals surface area (Å²) in [5.41, 5.74) is 0.0406. The van der Waals surface area contributed by atoms with Gasteiger partial charge in [0.05, 0.1) is 12.2 Å². The molecule has 3 atom stereocenters. The highest BCUT2D eigenvalue weighted by atomic mass is 16.4. The molecule has 4 amide bonds. The zero-order chi connectivity index (χ0) is 38.2. The lowest BCUT2D eigenvalue weighted by molar-refractivity contribution is -0.142. The zero-order valence-electron chi connectivity index (χ0n) is 30.5. The quantitative estimate of drug-likeness (QED) is 0.106. The number of aromatic nitrogens is 3. The third kappa shape index (κ3) is 10.4. The number of nitrogens with zero attached hydrogens (tertiary/aromatic N) is 4. The van der Waals surface area contributed by atoms with Crippen molar-refractivity contribution in [3.05, 3.63) is 54.2 Å². The Kier molecular flexibility index (Phi) is 13.1. The molecular formula is C37H49N7O8. The van der Waals surface area contributed by atoms with E-state index in [9.17, 15) is 34.2 Å². The van der Waals surface area contributed by atoms with Gasteiger partial charge in [-0.2, -0.15) is 0 Å². The molecular weight excluding hydrogens is 670 g/mol. The summed E-state index contributed by atoms with van der Waals surface area (Å²) in [5.74, 6) is -2.99. The summed E-state index contributed by atoms with van der Waals surface area (Å²) in [7, 11) is 0. The molecule has 0 unspecified atom stereocenters. The fraction of sp³-hybridized carbons (Fsp3) is 0.514. The predicted molar refractivity (Wildman–Crippen MR) is 190 cm³/mol. The first-order valence-corrected chi connectivity index (χ1v) is 17.6. The Morgan fingerprint density at radius 1 is 0.942 bits per heavy atom. The van der Waals surface area contributed by atoms with E-state index in [1.54, 1.807) is 26.0 Å². The van der Waals surface area contributed by atoms with Crippen LogP contribution >= 0.6 is 0 Å². The van der Waals surface area contributed by atoms with Gasteiger partial charge in [0.15, 0.2) is 0 Å². The summed E-state index contributed by atoms with van der Waals surface area (Å²) in [6, 6.07) is 6.29. The first-order chi connectivity index (χ1) is 24.6. The Bertz CT molecular complexity index is 1740. The summed E-state index contributed by atoms with van der Waals surface area (Å²) >= 11 is 0. The minimum Gasteiger partial charge on any atom is -0.508 e. The van der Waals surface area contributed by atoms with Crippen molar-refractivity contribution in [2.45, 2.75) is 104 Å². The van der Waals surface area contributed by atoms with Crippen LogP contribution in [0.2, 0.25) is 0 Å². The van der Waals surface area contributed by atoms with Crippen molar-refractivity contribution in [1.29, 1.82) is 0 Å². The molecule has 280 valence electrons. The number of likely N-dealkylation sites (tertiary alicyclic amines) is 1. The minimum absolute atomic E-state index is 0.00379. The SMILES string of the molecule is CC(C)[C@H](NC(=O)[C@@H]1CCCN1C(=O)[C@@H](NC(=O)CCCCC(C)(C)NC(=O)c1ccc(O)cn1)C(C)C)C(=O)c1nnc(-c2cccc(O)c2)o1. The van der Waals surface area contributed by atoms with Crippen molar-refractivity contribution >= 4 is 29.4 Å². The standard InChI is InChI=1S/C37H49N7O8/c1-21(2)29(31(48)35-43-42-34(52-35)23-11-9-12-24(45)19-23)40-33(50)27-13-10-18-44(27)36(51)30(22(3)4)39-28(47)14-7-8-17-37(5,6)41-32(49)26-16-15-25(46)20-38-26/h9,11-12,15-16,19-22,27,29-30,45-46H,7-8,10,13-14,17-18H2,1-6H3,(H,39,47)(H,40,50)(H,41,49)/t27-,29-,30-/m0/s1. The van der Waals surface area contributed by atoms with Crippen molar-refractivity contribution in [2.75, 3.05) is 6.54 Å². The van der Waals surface area contributed by atoms with Gasteiger partial charge in [0, 0.05) is 24.1 Å². The number of ketones is 1. The number of hydrogen-bond acceptors (Lipinski definition) is 11. The molecule has 0 spiro atoms. The second kappa shape index (κ2) is 17.2. The number of nitrogens with one attached hydrogen (secondary N) is 3. The molecule has 1 saturated heterocycles. The number of phenols is 1.